The van der Waals surface area contributed by atoms with Gasteiger partial charge in [0.25, 0.3) is 5.97 Å². The molecular formula is C11H14O5. The molecule has 1 aliphatic carbocycles. The van der Waals surface area contributed by atoms with Gasteiger partial charge in [-0.1, -0.05) is 0 Å². The van der Waals surface area contributed by atoms with Crippen molar-refractivity contribution in [3.63, 3.8) is 0 Å². The highest BCUT2D eigenvalue weighted by atomic mass is 16.7. The van der Waals surface area contributed by atoms with Crippen LogP contribution >= 0.6 is 0 Å². The Labute approximate surface area is 92.7 Å². The van der Waals surface area contributed by atoms with E-state index in [1.54, 1.807) is 0 Å². The van der Waals surface area contributed by atoms with Crippen LogP contribution in [0.25, 0.3) is 0 Å². The fourth-order valence-electron chi connectivity index (χ4n) is 1.43. The van der Waals surface area contributed by atoms with Crippen LogP contribution < -0.4 is 0 Å². The Morgan fingerprint density at radius 2 is 1.75 bits per heavy atom. The molecule has 0 aromatic carbocycles. The number of carbonyl (C=O) groups excluding carboxylic acids is 2. The molecule has 0 radical (unpaired) electrons. The van der Waals surface area contributed by atoms with Gasteiger partial charge in [-0.25, -0.2) is 0 Å². The van der Waals surface area contributed by atoms with Crippen molar-refractivity contribution in [3.05, 3.63) is 23.8 Å². The average molecular weight is 226 g/mol. The molecule has 5 heteroatoms. The Hall–Kier alpha value is -1.30. The number of rotatable bonds is 5. The monoisotopic (exact) mass is 226 g/mol. The zero-order chi connectivity index (χ0) is 12.2. The minimum Gasteiger partial charge on any atom is -0.344 e. The van der Waals surface area contributed by atoms with Crippen LogP contribution in [0.3, 0.4) is 0 Å². The molecule has 0 bridgehead atoms. The Balaban J connectivity index is 2.33. The molecule has 0 saturated heterocycles. The van der Waals surface area contributed by atoms with E-state index in [1.807, 2.05) is 0 Å². The van der Waals surface area contributed by atoms with Crippen molar-refractivity contribution in [2.45, 2.75) is 31.7 Å². The van der Waals surface area contributed by atoms with E-state index in [1.165, 1.54) is 18.2 Å². The van der Waals surface area contributed by atoms with Crippen LogP contribution in [0.1, 0.15) is 25.7 Å². The van der Waals surface area contributed by atoms with Crippen molar-refractivity contribution < 1.29 is 24.9 Å². The maximum Gasteiger partial charge on any atom is 0.275 e. The lowest BCUT2D eigenvalue weighted by Crippen LogP contribution is -2.26. The summed E-state index contributed by atoms with van der Waals surface area (Å²) in [6.45, 7) is 0. The van der Waals surface area contributed by atoms with Gasteiger partial charge in [-0.3, -0.25) is 9.59 Å². The second kappa shape index (κ2) is 5.16. The van der Waals surface area contributed by atoms with Gasteiger partial charge >= 0.3 is 0 Å². The molecule has 0 aromatic rings. The quantitative estimate of drug-likeness (QED) is 0.343. The third kappa shape index (κ3) is 4.48. The van der Waals surface area contributed by atoms with Gasteiger partial charge in [-0.15, -0.1) is 0 Å². The lowest BCUT2D eigenvalue weighted by atomic mass is 9.98. The Bertz CT molecular complexity index is 346. The number of hydrogen-bond acceptors (Lipinski definition) is 5. The highest BCUT2D eigenvalue weighted by molar-refractivity contribution is 6.17. The number of ketones is 2. The average Bonchev–Trinajstić information content (AvgIpc) is 2.16. The number of hydrogen-bond donors (Lipinski definition) is 3. The van der Waals surface area contributed by atoms with Gasteiger partial charge in [0, 0.05) is 12.0 Å². The highest BCUT2D eigenvalue weighted by Gasteiger charge is 2.18. The Kier molecular flexibility index (Phi) is 4.12. The fourth-order valence-corrected chi connectivity index (χ4v) is 1.43. The molecule has 1 aliphatic rings. The van der Waals surface area contributed by atoms with E-state index in [0.717, 1.165) is 0 Å². The van der Waals surface area contributed by atoms with Crippen molar-refractivity contribution in [3.8, 4) is 0 Å². The minimum atomic E-state index is -2.65. The van der Waals surface area contributed by atoms with Gasteiger partial charge < -0.3 is 15.3 Å². The summed E-state index contributed by atoms with van der Waals surface area (Å²) < 4.78 is 0. The van der Waals surface area contributed by atoms with Crippen LogP contribution in [0.2, 0.25) is 0 Å². The van der Waals surface area contributed by atoms with E-state index in [9.17, 15) is 9.59 Å². The molecular weight excluding hydrogens is 212 g/mol. The molecule has 0 unspecified atom stereocenters. The van der Waals surface area contributed by atoms with Gasteiger partial charge in [0.05, 0.1) is 0 Å². The summed E-state index contributed by atoms with van der Waals surface area (Å²) in [5, 5.41) is 25.8. The van der Waals surface area contributed by atoms with Crippen LogP contribution in [0.5, 0.6) is 0 Å². The topological polar surface area (TPSA) is 94.8 Å². The number of allylic oxidation sites excluding steroid dienone is 4. The molecule has 0 spiro atoms. The van der Waals surface area contributed by atoms with Crippen LogP contribution in [-0.2, 0) is 9.59 Å². The number of unbranched alkanes of at least 4 members (excludes halogenated alkanes) is 1. The number of aliphatic hydroxyl groups is 3. The second-order valence-electron chi connectivity index (χ2n) is 3.75. The highest BCUT2D eigenvalue weighted by Crippen LogP contribution is 2.16. The molecule has 0 fully saturated rings. The summed E-state index contributed by atoms with van der Waals surface area (Å²) in [5.74, 6) is -3.06. The first kappa shape index (κ1) is 12.8. The van der Waals surface area contributed by atoms with E-state index in [4.69, 9.17) is 15.3 Å². The van der Waals surface area contributed by atoms with E-state index in [0.29, 0.717) is 24.8 Å². The summed E-state index contributed by atoms with van der Waals surface area (Å²) >= 11 is 0. The van der Waals surface area contributed by atoms with E-state index in [2.05, 4.69) is 0 Å². The molecule has 0 heterocycles. The summed E-state index contributed by atoms with van der Waals surface area (Å²) in [4.78, 5) is 22.3. The lowest BCUT2D eigenvalue weighted by Gasteiger charge is -2.13. The first-order valence-corrected chi connectivity index (χ1v) is 5.02. The van der Waals surface area contributed by atoms with Gasteiger partial charge in [-0.2, -0.15) is 0 Å². The molecule has 0 saturated carbocycles. The normalized spacial score (nSPS) is 16.6. The summed E-state index contributed by atoms with van der Waals surface area (Å²) in [7, 11) is 0. The summed E-state index contributed by atoms with van der Waals surface area (Å²) in [5.41, 5.74) is 0.423. The van der Waals surface area contributed by atoms with Crippen molar-refractivity contribution >= 4 is 11.6 Å². The zero-order valence-corrected chi connectivity index (χ0v) is 8.72. The van der Waals surface area contributed by atoms with Gasteiger partial charge in [-0.05, 0) is 37.5 Å². The lowest BCUT2D eigenvalue weighted by molar-refractivity contribution is -0.314. The van der Waals surface area contributed by atoms with Gasteiger partial charge in [0.15, 0.2) is 11.6 Å². The van der Waals surface area contributed by atoms with Gasteiger partial charge in [0.2, 0.25) is 0 Å². The molecule has 0 aliphatic heterocycles. The maximum absolute atomic E-state index is 11.3. The van der Waals surface area contributed by atoms with E-state index >= 15 is 0 Å². The minimum absolute atomic E-state index is 0.182. The molecule has 3 N–H and O–H groups in total. The third-order valence-electron chi connectivity index (χ3n) is 2.24. The Morgan fingerprint density at radius 1 is 1.06 bits per heavy atom. The first-order valence-electron chi connectivity index (χ1n) is 5.02. The predicted octanol–water partition coefficient (Wildman–Crippen LogP) is -0.188. The molecule has 0 amide bonds. The first-order chi connectivity index (χ1) is 7.38. The second-order valence-corrected chi connectivity index (χ2v) is 3.75. The molecule has 16 heavy (non-hydrogen) atoms. The number of carbonyl (C=O) groups is 2. The third-order valence-corrected chi connectivity index (χ3v) is 2.24. The Morgan fingerprint density at radius 3 is 2.38 bits per heavy atom. The van der Waals surface area contributed by atoms with Crippen LogP contribution in [0, 0.1) is 0 Å². The standard InChI is InChI=1S/C11H14O5/c12-9-4-5-10(13)8(7-9)3-1-2-6-11(14,15)16/h4-5,7,14-16H,1-3,6H2. The summed E-state index contributed by atoms with van der Waals surface area (Å²) in [6.07, 6.45) is 4.79. The zero-order valence-electron chi connectivity index (χ0n) is 8.72. The van der Waals surface area contributed by atoms with Crippen molar-refractivity contribution in [1.29, 1.82) is 0 Å². The maximum atomic E-state index is 11.3. The molecule has 0 aromatic heterocycles. The van der Waals surface area contributed by atoms with Crippen molar-refractivity contribution in [2.24, 2.45) is 0 Å². The summed E-state index contributed by atoms with van der Waals surface area (Å²) in [6, 6.07) is 0. The van der Waals surface area contributed by atoms with Crippen LogP contribution in [0.15, 0.2) is 23.8 Å². The molecule has 1 rings (SSSR count). The largest absolute Gasteiger partial charge is 0.344 e. The van der Waals surface area contributed by atoms with Gasteiger partial charge in [0.1, 0.15) is 0 Å². The van der Waals surface area contributed by atoms with Crippen LogP contribution in [0.4, 0.5) is 0 Å². The van der Waals surface area contributed by atoms with E-state index < -0.39 is 5.97 Å². The van der Waals surface area contributed by atoms with Crippen molar-refractivity contribution in [2.75, 3.05) is 0 Å². The van der Waals surface area contributed by atoms with Crippen molar-refractivity contribution in [1.82, 2.24) is 0 Å². The van der Waals surface area contributed by atoms with Crippen LogP contribution in [-0.4, -0.2) is 32.9 Å². The SMILES string of the molecule is O=C1C=CC(=O)C(CCCCC(O)(O)O)=C1. The predicted molar refractivity (Wildman–Crippen MR) is 55.1 cm³/mol. The molecule has 88 valence electrons. The van der Waals surface area contributed by atoms with E-state index in [-0.39, 0.29) is 18.0 Å². The molecule has 0 atom stereocenters. The smallest absolute Gasteiger partial charge is 0.275 e. The molecule has 5 nitrogen and oxygen atoms in total. The fraction of sp³-hybridized carbons (Fsp3) is 0.455.